The van der Waals surface area contributed by atoms with Gasteiger partial charge in [0.15, 0.2) is 9.84 Å². The number of carbonyl (C=O) groups is 2. The zero-order valence-electron chi connectivity index (χ0n) is 10.3. The van der Waals surface area contributed by atoms with Crippen molar-refractivity contribution in [3.8, 4) is 0 Å². The lowest BCUT2D eigenvalue weighted by Gasteiger charge is -2.05. The number of carbonyl (C=O) groups excluding carboxylic acids is 2. The molecule has 0 aliphatic rings. The topological polar surface area (TPSA) is 106 Å². The van der Waals surface area contributed by atoms with Crippen LogP contribution in [0.3, 0.4) is 0 Å². The van der Waals surface area contributed by atoms with Gasteiger partial charge in [-0.2, -0.15) is 0 Å². The quantitative estimate of drug-likeness (QED) is 0.751. The van der Waals surface area contributed by atoms with Crippen LogP contribution in [0.4, 0.5) is 5.69 Å². The van der Waals surface area contributed by atoms with Crippen LogP contribution in [0.5, 0.6) is 0 Å². The first-order chi connectivity index (χ1) is 8.89. The van der Waals surface area contributed by atoms with Gasteiger partial charge in [-0.15, -0.1) is 0 Å². The molecule has 0 radical (unpaired) electrons. The van der Waals surface area contributed by atoms with E-state index in [0.29, 0.717) is 5.69 Å². The van der Waals surface area contributed by atoms with Crippen molar-refractivity contribution in [1.29, 1.82) is 0 Å². The van der Waals surface area contributed by atoms with Crippen LogP contribution in [0, 0.1) is 0 Å². The highest BCUT2D eigenvalue weighted by atomic mass is 32.2. The van der Waals surface area contributed by atoms with Crippen LogP contribution in [-0.2, 0) is 19.4 Å². The molecular formula is C12H16N2O4S. The number of para-hydroxylation sites is 1. The zero-order valence-corrected chi connectivity index (χ0v) is 11.2. The van der Waals surface area contributed by atoms with Crippen molar-refractivity contribution >= 4 is 27.3 Å². The summed E-state index contributed by atoms with van der Waals surface area (Å²) in [6, 6.07) is 8.58. The smallest absolute Gasteiger partial charge is 0.239 e. The molecule has 0 saturated heterocycles. The van der Waals surface area contributed by atoms with Crippen molar-refractivity contribution in [3.63, 3.8) is 0 Å². The third kappa shape index (κ3) is 6.56. The highest BCUT2D eigenvalue weighted by Crippen LogP contribution is 2.06. The normalized spacial score (nSPS) is 10.9. The van der Waals surface area contributed by atoms with Crippen molar-refractivity contribution < 1.29 is 18.0 Å². The van der Waals surface area contributed by atoms with E-state index in [1.807, 2.05) is 0 Å². The molecule has 0 atom stereocenters. The summed E-state index contributed by atoms with van der Waals surface area (Å²) in [7, 11) is -3.52. The van der Waals surface area contributed by atoms with Gasteiger partial charge in [-0.05, 0) is 18.6 Å². The predicted molar refractivity (Wildman–Crippen MR) is 72.2 cm³/mol. The summed E-state index contributed by atoms with van der Waals surface area (Å²) in [4.78, 5) is 22.0. The van der Waals surface area contributed by atoms with Crippen LogP contribution in [0.25, 0.3) is 0 Å². The van der Waals surface area contributed by atoms with Crippen molar-refractivity contribution in [2.75, 3.05) is 16.8 Å². The fraction of sp³-hybridized carbons (Fsp3) is 0.333. The second-order valence-electron chi connectivity index (χ2n) is 4.08. The Hall–Kier alpha value is -1.89. The lowest BCUT2D eigenvalue weighted by atomic mass is 10.3. The van der Waals surface area contributed by atoms with Gasteiger partial charge in [0.05, 0.1) is 5.75 Å². The van der Waals surface area contributed by atoms with Gasteiger partial charge in [0.1, 0.15) is 5.75 Å². The Balaban J connectivity index is 2.45. The number of nitrogens with one attached hydrogen (secondary N) is 1. The van der Waals surface area contributed by atoms with Crippen LogP contribution in [0.2, 0.25) is 0 Å². The molecule has 0 fully saturated rings. The molecule has 0 aliphatic carbocycles. The number of benzene rings is 1. The number of nitrogens with two attached hydrogens (primary N) is 1. The highest BCUT2D eigenvalue weighted by Gasteiger charge is 2.16. The summed E-state index contributed by atoms with van der Waals surface area (Å²) in [5.41, 5.74) is 5.45. The minimum Gasteiger partial charge on any atom is -0.370 e. The van der Waals surface area contributed by atoms with Gasteiger partial charge in [0.2, 0.25) is 11.8 Å². The summed E-state index contributed by atoms with van der Waals surface area (Å²) in [5.74, 6) is -1.96. The molecule has 3 N–H and O–H groups in total. The summed E-state index contributed by atoms with van der Waals surface area (Å²) in [6.45, 7) is 0. The Morgan fingerprint density at radius 2 is 1.79 bits per heavy atom. The van der Waals surface area contributed by atoms with Gasteiger partial charge in [-0.1, -0.05) is 18.2 Å². The van der Waals surface area contributed by atoms with E-state index in [0.717, 1.165) is 0 Å². The van der Waals surface area contributed by atoms with E-state index in [2.05, 4.69) is 5.32 Å². The minimum atomic E-state index is -3.52. The largest absolute Gasteiger partial charge is 0.370 e. The molecule has 0 unspecified atom stereocenters. The maximum absolute atomic E-state index is 11.6. The van der Waals surface area contributed by atoms with Crippen LogP contribution >= 0.6 is 0 Å². The molecular weight excluding hydrogens is 268 g/mol. The molecule has 19 heavy (non-hydrogen) atoms. The Morgan fingerprint density at radius 1 is 1.16 bits per heavy atom. The molecule has 0 spiro atoms. The standard InChI is InChI=1S/C12H16N2O4S/c13-11(15)7-4-8-19(17,18)9-12(16)14-10-5-2-1-3-6-10/h1-3,5-6H,4,7-9H2,(H2,13,15)(H,14,16). The molecule has 104 valence electrons. The molecule has 1 aromatic rings. The van der Waals surface area contributed by atoms with Crippen LogP contribution in [0.15, 0.2) is 30.3 Å². The van der Waals surface area contributed by atoms with Crippen molar-refractivity contribution in [2.45, 2.75) is 12.8 Å². The van der Waals surface area contributed by atoms with E-state index in [4.69, 9.17) is 5.73 Å². The molecule has 1 aromatic carbocycles. The fourth-order valence-corrected chi connectivity index (χ4v) is 2.66. The monoisotopic (exact) mass is 284 g/mol. The Kier molecular flexibility index (Phi) is 5.50. The van der Waals surface area contributed by atoms with E-state index in [1.54, 1.807) is 30.3 Å². The first-order valence-electron chi connectivity index (χ1n) is 5.73. The number of sulfone groups is 1. The zero-order chi connectivity index (χ0) is 14.3. The number of primary amides is 1. The summed E-state index contributed by atoms with van der Waals surface area (Å²) in [6.07, 6.45) is 0.135. The first-order valence-corrected chi connectivity index (χ1v) is 7.55. The molecule has 0 heterocycles. The van der Waals surface area contributed by atoms with Crippen LogP contribution < -0.4 is 11.1 Å². The van der Waals surface area contributed by atoms with Gasteiger partial charge in [0, 0.05) is 12.1 Å². The number of amides is 2. The summed E-state index contributed by atoms with van der Waals surface area (Å²) in [5, 5.41) is 2.49. The maximum Gasteiger partial charge on any atom is 0.239 e. The van der Waals surface area contributed by atoms with Crippen LogP contribution in [0.1, 0.15) is 12.8 Å². The van der Waals surface area contributed by atoms with E-state index in [1.165, 1.54) is 0 Å². The Morgan fingerprint density at radius 3 is 2.37 bits per heavy atom. The number of hydrogen-bond donors (Lipinski definition) is 2. The van der Waals surface area contributed by atoms with Gasteiger partial charge >= 0.3 is 0 Å². The third-order valence-electron chi connectivity index (χ3n) is 2.29. The molecule has 0 saturated carbocycles. The van der Waals surface area contributed by atoms with Gasteiger partial charge in [0.25, 0.3) is 0 Å². The van der Waals surface area contributed by atoms with E-state index in [-0.39, 0.29) is 18.6 Å². The molecule has 2 amide bonds. The summed E-state index contributed by atoms with van der Waals surface area (Å²) < 4.78 is 23.2. The number of anilines is 1. The SMILES string of the molecule is NC(=O)CCCS(=O)(=O)CC(=O)Nc1ccccc1. The van der Waals surface area contributed by atoms with Gasteiger partial charge < -0.3 is 11.1 Å². The molecule has 1 rings (SSSR count). The van der Waals surface area contributed by atoms with Crippen molar-refractivity contribution in [2.24, 2.45) is 5.73 Å². The van der Waals surface area contributed by atoms with Gasteiger partial charge in [-0.25, -0.2) is 8.42 Å². The molecule has 0 bridgehead atoms. The minimum absolute atomic E-state index is 0.000462. The lowest BCUT2D eigenvalue weighted by Crippen LogP contribution is -2.25. The number of hydrogen-bond acceptors (Lipinski definition) is 4. The van der Waals surface area contributed by atoms with E-state index >= 15 is 0 Å². The van der Waals surface area contributed by atoms with Gasteiger partial charge in [-0.3, -0.25) is 9.59 Å². The van der Waals surface area contributed by atoms with E-state index in [9.17, 15) is 18.0 Å². The molecule has 0 aromatic heterocycles. The first kappa shape index (κ1) is 15.2. The second kappa shape index (κ2) is 6.89. The van der Waals surface area contributed by atoms with E-state index < -0.39 is 27.4 Å². The molecule has 7 heteroatoms. The predicted octanol–water partition coefficient (Wildman–Crippen LogP) is 0.305. The van der Waals surface area contributed by atoms with Crippen molar-refractivity contribution in [1.82, 2.24) is 0 Å². The Bertz CT molecular complexity index is 540. The number of rotatable bonds is 7. The maximum atomic E-state index is 11.6. The average molecular weight is 284 g/mol. The summed E-state index contributed by atoms with van der Waals surface area (Å²) >= 11 is 0. The van der Waals surface area contributed by atoms with Crippen LogP contribution in [-0.4, -0.2) is 31.7 Å². The average Bonchev–Trinajstić information content (AvgIpc) is 2.28. The lowest BCUT2D eigenvalue weighted by molar-refractivity contribution is -0.118. The molecule has 6 nitrogen and oxygen atoms in total. The third-order valence-corrected chi connectivity index (χ3v) is 3.90. The molecule has 0 aliphatic heterocycles. The second-order valence-corrected chi connectivity index (χ2v) is 6.26. The highest BCUT2D eigenvalue weighted by molar-refractivity contribution is 7.92. The fourth-order valence-electron chi connectivity index (χ4n) is 1.46. The van der Waals surface area contributed by atoms with Crippen molar-refractivity contribution in [3.05, 3.63) is 30.3 Å². The Labute approximate surface area is 111 Å².